The van der Waals surface area contributed by atoms with Gasteiger partial charge in [0.1, 0.15) is 0 Å². The van der Waals surface area contributed by atoms with Crippen LogP contribution in [0.4, 0.5) is 5.69 Å². The van der Waals surface area contributed by atoms with Gasteiger partial charge in [0.25, 0.3) is 0 Å². The van der Waals surface area contributed by atoms with Gasteiger partial charge in [-0.05, 0) is 57.0 Å². The third kappa shape index (κ3) is 2.58. The first-order valence-corrected chi connectivity index (χ1v) is 7.69. The zero-order valence-corrected chi connectivity index (χ0v) is 12.8. The van der Waals surface area contributed by atoms with Crippen molar-refractivity contribution in [2.24, 2.45) is 10.9 Å². The Morgan fingerprint density at radius 2 is 2.19 bits per heavy atom. The number of piperazine rings is 1. The molecule has 5 heteroatoms. The monoisotopic (exact) mass is 288 g/mol. The van der Waals surface area contributed by atoms with Crippen molar-refractivity contribution in [3.05, 3.63) is 29.3 Å². The Hall–Kier alpha value is -1.75. The first-order valence-electron chi connectivity index (χ1n) is 7.69. The van der Waals surface area contributed by atoms with E-state index in [0.29, 0.717) is 12.1 Å². The van der Waals surface area contributed by atoms with Crippen LogP contribution in [0.2, 0.25) is 0 Å². The number of hydrogen-bond donors (Lipinski definition) is 2. The first kappa shape index (κ1) is 14.2. The molecule has 2 heterocycles. The van der Waals surface area contributed by atoms with Crippen LogP contribution in [0.1, 0.15) is 30.9 Å². The van der Waals surface area contributed by atoms with Crippen molar-refractivity contribution in [1.82, 2.24) is 4.90 Å². The number of aryl methyl sites for hydroxylation is 1. The highest BCUT2D eigenvalue weighted by Crippen LogP contribution is 2.29. The van der Waals surface area contributed by atoms with E-state index in [0.717, 1.165) is 24.2 Å². The predicted molar refractivity (Wildman–Crippen MR) is 85.1 cm³/mol. The Balaban J connectivity index is 1.85. The number of fused-ring (bicyclic) bond motifs is 1. The van der Waals surface area contributed by atoms with Crippen molar-refractivity contribution in [3.63, 3.8) is 0 Å². The number of amidine groups is 1. The maximum atomic E-state index is 8.82. The third-order valence-electron chi connectivity index (χ3n) is 4.86. The van der Waals surface area contributed by atoms with E-state index >= 15 is 0 Å². The molecule has 2 aliphatic heterocycles. The molecule has 5 nitrogen and oxygen atoms in total. The zero-order chi connectivity index (χ0) is 15.0. The van der Waals surface area contributed by atoms with Crippen LogP contribution < -0.4 is 10.6 Å². The molecule has 114 valence electrons. The van der Waals surface area contributed by atoms with Crippen molar-refractivity contribution in [3.8, 4) is 0 Å². The van der Waals surface area contributed by atoms with E-state index in [-0.39, 0.29) is 5.84 Å². The lowest BCUT2D eigenvalue weighted by atomic mass is 10.0. The summed E-state index contributed by atoms with van der Waals surface area (Å²) in [6.45, 7) is 7.80. The van der Waals surface area contributed by atoms with Crippen molar-refractivity contribution in [2.75, 3.05) is 24.5 Å². The summed E-state index contributed by atoms with van der Waals surface area (Å²) in [7, 11) is 0. The molecule has 0 aromatic heterocycles. The third-order valence-corrected chi connectivity index (χ3v) is 4.86. The molecule has 0 spiro atoms. The molecule has 2 fully saturated rings. The number of benzene rings is 1. The van der Waals surface area contributed by atoms with Crippen LogP contribution in [0.25, 0.3) is 0 Å². The minimum absolute atomic E-state index is 0.174. The van der Waals surface area contributed by atoms with Gasteiger partial charge in [0.15, 0.2) is 5.84 Å². The number of oxime groups is 1. The highest BCUT2D eigenvalue weighted by molar-refractivity contribution is 5.98. The van der Waals surface area contributed by atoms with Crippen molar-refractivity contribution in [1.29, 1.82) is 0 Å². The number of nitrogens with zero attached hydrogens (tertiary/aromatic N) is 3. The van der Waals surface area contributed by atoms with E-state index in [4.69, 9.17) is 10.9 Å². The van der Waals surface area contributed by atoms with Crippen LogP contribution in [0.15, 0.2) is 23.4 Å². The largest absolute Gasteiger partial charge is 0.409 e. The summed E-state index contributed by atoms with van der Waals surface area (Å²) in [5, 5.41) is 11.9. The zero-order valence-electron chi connectivity index (χ0n) is 12.8. The van der Waals surface area contributed by atoms with Crippen LogP contribution >= 0.6 is 0 Å². The lowest BCUT2D eigenvalue weighted by Crippen LogP contribution is -2.55. The van der Waals surface area contributed by atoms with E-state index in [1.54, 1.807) is 0 Å². The maximum absolute atomic E-state index is 8.82. The normalized spacial score (nSPS) is 27.0. The predicted octanol–water partition coefficient (Wildman–Crippen LogP) is 1.76. The van der Waals surface area contributed by atoms with Crippen LogP contribution in [0.3, 0.4) is 0 Å². The molecule has 3 rings (SSSR count). The Bertz CT molecular complexity index is 557. The summed E-state index contributed by atoms with van der Waals surface area (Å²) in [6.07, 6.45) is 2.64. The quantitative estimate of drug-likeness (QED) is 0.377. The molecule has 1 aromatic carbocycles. The summed E-state index contributed by atoms with van der Waals surface area (Å²) in [4.78, 5) is 5.12. The molecular weight excluding hydrogens is 264 g/mol. The van der Waals surface area contributed by atoms with Crippen LogP contribution in [-0.2, 0) is 0 Å². The van der Waals surface area contributed by atoms with Crippen molar-refractivity contribution < 1.29 is 5.21 Å². The summed E-state index contributed by atoms with van der Waals surface area (Å²) in [5.41, 5.74) is 8.78. The summed E-state index contributed by atoms with van der Waals surface area (Å²) >= 11 is 0. The Labute approximate surface area is 126 Å². The van der Waals surface area contributed by atoms with E-state index in [1.165, 1.54) is 25.1 Å². The molecular formula is C16H24N4O. The molecule has 0 aliphatic carbocycles. The molecule has 21 heavy (non-hydrogen) atoms. The van der Waals surface area contributed by atoms with E-state index in [1.807, 2.05) is 13.0 Å². The Morgan fingerprint density at radius 3 is 2.90 bits per heavy atom. The smallest absolute Gasteiger partial charge is 0.170 e. The molecule has 1 aromatic rings. The topological polar surface area (TPSA) is 65.1 Å². The number of hydrogen-bond acceptors (Lipinski definition) is 4. The first-order chi connectivity index (χ1) is 10.1. The molecule has 2 aliphatic rings. The number of rotatable bonds is 2. The SMILES string of the molecule is Cc1cc(N2CC3CCCN3CC2C)ccc1/C(N)=N/O. The molecule has 0 amide bonds. The van der Waals surface area contributed by atoms with Gasteiger partial charge in [0, 0.05) is 36.4 Å². The van der Waals surface area contributed by atoms with Gasteiger partial charge in [0.2, 0.25) is 0 Å². The van der Waals surface area contributed by atoms with Crippen molar-refractivity contribution >= 4 is 11.5 Å². The summed E-state index contributed by atoms with van der Waals surface area (Å²) in [6, 6.07) is 7.40. The van der Waals surface area contributed by atoms with Crippen molar-refractivity contribution in [2.45, 2.75) is 38.8 Å². The number of anilines is 1. The van der Waals surface area contributed by atoms with Crippen LogP contribution in [-0.4, -0.2) is 47.7 Å². The minimum atomic E-state index is 0.174. The van der Waals surface area contributed by atoms with E-state index in [9.17, 15) is 0 Å². The molecule has 2 unspecified atom stereocenters. The summed E-state index contributed by atoms with van der Waals surface area (Å²) in [5.74, 6) is 0.174. The molecule has 2 saturated heterocycles. The molecule has 2 atom stereocenters. The molecule has 0 radical (unpaired) electrons. The second-order valence-corrected chi connectivity index (χ2v) is 6.28. The fourth-order valence-corrected chi connectivity index (χ4v) is 3.71. The van der Waals surface area contributed by atoms with Gasteiger partial charge < -0.3 is 15.8 Å². The summed E-state index contributed by atoms with van der Waals surface area (Å²) < 4.78 is 0. The average Bonchev–Trinajstić information content (AvgIpc) is 2.92. The van der Waals surface area contributed by atoms with Gasteiger partial charge in [-0.1, -0.05) is 5.16 Å². The fraction of sp³-hybridized carbons (Fsp3) is 0.562. The second-order valence-electron chi connectivity index (χ2n) is 6.28. The Kier molecular flexibility index (Phi) is 3.76. The second kappa shape index (κ2) is 5.56. The molecule has 0 bridgehead atoms. The van der Waals surface area contributed by atoms with Gasteiger partial charge >= 0.3 is 0 Å². The van der Waals surface area contributed by atoms with E-state index < -0.39 is 0 Å². The highest BCUT2D eigenvalue weighted by Gasteiger charge is 2.34. The van der Waals surface area contributed by atoms with Gasteiger partial charge in [-0.25, -0.2) is 0 Å². The lowest BCUT2D eigenvalue weighted by molar-refractivity contribution is 0.203. The standard InChI is InChI=1S/C16H24N4O/c1-11-8-13(5-6-15(11)16(17)18-21)20-10-14-4-3-7-19(14)9-12(20)2/h5-6,8,12,14,21H,3-4,7,9-10H2,1-2H3,(H2,17,18). The van der Waals surface area contributed by atoms with Gasteiger partial charge in [-0.15, -0.1) is 0 Å². The lowest BCUT2D eigenvalue weighted by Gasteiger charge is -2.43. The van der Waals surface area contributed by atoms with Gasteiger partial charge in [0.05, 0.1) is 0 Å². The average molecular weight is 288 g/mol. The molecule has 0 saturated carbocycles. The van der Waals surface area contributed by atoms with Crippen LogP contribution in [0.5, 0.6) is 0 Å². The van der Waals surface area contributed by atoms with Crippen LogP contribution in [0, 0.1) is 6.92 Å². The molecule has 3 N–H and O–H groups in total. The minimum Gasteiger partial charge on any atom is -0.409 e. The van der Waals surface area contributed by atoms with Gasteiger partial charge in [-0.3, -0.25) is 4.90 Å². The highest BCUT2D eigenvalue weighted by atomic mass is 16.4. The fourth-order valence-electron chi connectivity index (χ4n) is 3.71. The Morgan fingerprint density at radius 1 is 1.38 bits per heavy atom. The maximum Gasteiger partial charge on any atom is 0.170 e. The van der Waals surface area contributed by atoms with Gasteiger partial charge in [-0.2, -0.15) is 0 Å². The number of nitrogens with two attached hydrogens (primary N) is 1. The van der Waals surface area contributed by atoms with E-state index in [2.05, 4.69) is 34.0 Å².